The van der Waals surface area contributed by atoms with Gasteiger partial charge in [-0.05, 0) is 43.0 Å². The predicted molar refractivity (Wildman–Crippen MR) is 74.4 cm³/mol. The Balaban J connectivity index is 2.07. The summed E-state index contributed by atoms with van der Waals surface area (Å²) in [6.45, 7) is 3.66. The van der Waals surface area contributed by atoms with E-state index in [0.717, 1.165) is 37.9 Å². The lowest BCUT2D eigenvalue weighted by molar-refractivity contribution is 0.0658. The summed E-state index contributed by atoms with van der Waals surface area (Å²) >= 11 is 7.56. The Morgan fingerprint density at radius 1 is 1.67 bits per heavy atom. The first kappa shape index (κ1) is 13.8. The number of hydrogen-bond donors (Lipinski definition) is 1. The third kappa shape index (κ3) is 2.87. The van der Waals surface area contributed by atoms with Crippen molar-refractivity contribution in [3.8, 4) is 0 Å². The number of carbonyl (C=O) groups is 1. The topological polar surface area (TPSA) is 40.5 Å². The van der Waals surface area contributed by atoms with Crippen molar-refractivity contribution in [3.63, 3.8) is 0 Å². The molecule has 1 fully saturated rings. The average molecular weight is 288 g/mol. The van der Waals surface area contributed by atoms with Gasteiger partial charge in [0.25, 0.3) is 5.91 Å². The molecule has 1 aliphatic heterocycles. The second kappa shape index (κ2) is 6.04. The molecular formula is C13H18ClNO2S. The highest BCUT2D eigenvalue weighted by Crippen LogP contribution is 2.30. The molecule has 1 amide bonds. The Labute approximate surface area is 116 Å². The molecule has 18 heavy (non-hydrogen) atoms. The Morgan fingerprint density at radius 2 is 2.44 bits per heavy atom. The lowest BCUT2D eigenvalue weighted by Gasteiger charge is -2.32. The molecule has 2 heterocycles. The van der Waals surface area contributed by atoms with Crippen molar-refractivity contribution >= 4 is 28.8 Å². The van der Waals surface area contributed by atoms with Crippen LogP contribution in [-0.2, 0) is 0 Å². The smallest absolute Gasteiger partial charge is 0.265 e. The SMILES string of the molecule is Cc1csc(C(=O)N2CCCC(CCO)C2)c1Cl. The number of thiophene rings is 1. The number of aryl methyl sites for hydroxylation is 1. The molecule has 0 aromatic carbocycles. The van der Waals surface area contributed by atoms with Gasteiger partial charge in [-0.25, -0.2) is 0 Å². The van der Waals surface area contributed by atoms with E-state index in [-0.39, 0.29) is 12.5 Å². The largest absolute Gasteiger partial charge is 0.396 e. The van der Waals surface area contributed by atoms with Gasteiger partial charge in [0.15, 0.2) is 0 Å². The Hall–Kier alpha value is -0.580. The summed E-state index contributed by atoms with van der Waals surface area (Å²) in [7, 11) is 0. The van der Waals surface area contributed by atoms with Gasteiger partial charge in [0.2, 0.25) is 0 Å². The van der Waals surface area contributed by atoms with E-state index < -0.39 is 0 Å². The van der Waals surface area contributed by atoms with Gasteiger partial charge in [-0.1, -0.05) is 11.6 Å². The number of aliphatic hydroxyl groups excluding tert-OH is 1. The third-order valence-corrected chi connectivity index (χ3v) is 5.12. The molecule has 3 nitrogen and oxygen atoms in total. The molecule has 1 unspecified atom stereocenters. The fraction of sp³-hybridized carbons (Fsp3) is 0.615. The Morgan fingerprint density at radius 3 is 3.06 bits per heavy atom. The molecule has 0 saturated carbocycles. The van der Waals surface area contributed by atoms with Gasteiger partial charge >= 0.3 is 0 Å². The maximum Gasteiger partial charge on any atom is 0.265 e. The number of aliphatic hydroxyl groups is 1. The average Bonchev–Trinajstić information content (AvgIpc) is 2.70. The van der Waals surface area contributed by atoms with Crippen molar-refractivity contribution < 1.29 is 9.90 Å². The molecule has 0 radical (unpaired) electrons. The van der Waals surface area contributed by atoms with E-state index >= 15 is 0 Å². The second-order valence-corrected chi connectivity index (χ2v) is 6.09. The van der Waals surface area contributed by atoms with Crippen LogP contribution >= 0.6 is 22.9 Å². The van der Waals surface area contributed by atoms with Gasteiger partial charge in [-0.3, -0.25) is 4.79 Å². The van der Waals surface area contributed by atoms with E-state index in [1.54, 1.807) is 0 Å². The number of hydrogen-bond acceptors (Lipinski definition) is 3. The lowest BCUT2D eigenvalue weighted by atomic mass is 9.95. The van der Waals surface area contributed by atoms with Crippen LogP contribution < -0.4 is 0 Å². The van der Waals surface area contributed by atoms with Crippen molar-refractivity contribution in [2.24, 2.45) is 5.92 Å². The number of rotatable bonds is 3. The minimum Gasteiger partial charge on any atom is -0.396 e. The zero-order valence-electron chi connectivity index (χ0n) is 10.5. The van der Waals surface area contributed by atoms with Gasteiger partial charge in [-0.15, -0.1) is 11.3 Å². The predicted octanol–water partition coefficient (Wildman–Crippen LogP) is 2.94. The quantitative estimate of drug-likeness (QED) is 0.928. The van der Waals surface area contributed by atoms with Gasteiger partial charge in [-0.2, -0.15) is 0 Å². The Bertz CT molecular complexity index is 431. The molecule has 1 aliphatic rings. The van der Waals surface area contributed by atoms with E-state index in [4.69, 9.17) is 16.7 Å². The van der Waals surface area contributed by atoms with E-state index in [1.165, 1.54) is 11.3 Å². The van der Waals surface area contributed by atoms with Crippen LogP contribution in [0, 0.1) is 12.8 Å². The number of nitrogens with zero attached hydrogens (tertiary/aromatic N) is 1. The summed E-state index contributed by atoms with van der Waals surface area (Å²) in [5.41, 5.74) is 0.967. The van der Waals surface area contributed by atoms with Crippen LogP contribution in [-0.4, -0.2) is 35.6 Å². The zero-order valence-corrected chi connectivity index (χ0v) is 12.1. The number of halogens is 1. The van der Waals surface area contributed by atoms with E-state index in [0.29, 0.717) is 15.8 Å². The zero-order chi connectivity index (χ0) is 13.1. The summed E-state index contributed by atoms with van der Waals surface area (Å²) in [5, 5.41) is 11.5. The molecular weight excluding hydrogens is 270 g/mol. The first-order valence-corrected chi connectivity index (χ1v) is 7.53. The number of piperidine rings is 1. The first-order chi connectivity index (χ1) is 8.63. The molecule has 1 aromatic heterocycles. The maximum atomic E-state index is 12.4. The Kier molecular flexibility index (Phi) is 4.65. The van der Waals surface area contributed by atoms with E-state index in [1.807, 2.05) is 17.2 Å². The third-order valence-electron chi connectivity index (χ3n) is 3.44. The van der Waals surface area contributed by atoms with E-state index in [2.05, 4.69) is 0 Å². The van der Waals surface area contributed by atoms with Crippen LogP contribution in [0.25, 0.3) is 0 Å². The van der Waals surface area contributed by atoms with Crippen LogP contribution in [0.2, 0.25) is 5.02 Å². The van der Waals surface area contributed by atoms with Crippen LogP contribution in [0.1, 0.15) is 34.5 Å². The number of likely N-dealkylation sites (tertiary alicyclic amines) is 1. The van der Waals surface area contributed by atoms with Crippen molar-refractivity contribution in [1.29, 1.82) is 0 Å². The van der Waals surface area contributed by atoms with Crippen molar-refractivity contribution in [3.05, 3.63) is 20.8 Å². The standard InChI is InChI=1S/C13H18ClNO2S/c1-9-8-18-12(11(9)14)13(17)15-5-2-3-10(7-15)4-6-16/h8,10,16H,2-7H2,1H3. The highest BCUT2D eigenvalue weighted by atomic mass is 35.5. The highest BCUT2D eigenvalue weighted by molar-refractivity contribution is 7.13. The molecule has 1 N–H and O–H groups in total. The fourth-order valence-electron chi connectivity index (χ4n) is 2.39. The molecule has 100 valence electrons. The van der Waals surface area contributed by atoms with Crippen molar-refractivity contribution in [2.45, 2.75) is 26.2 Å². The van der Waals surface area contributed by atoms with Crippen molar-refractivity contribution in [2.75, 3.05) is 19.7 Å². The lowest BCUT2D eigenvalue weighted by Crippen LogP contribution is -2.40. The molecule has 0 aliphatic carbocycles. The fourth-order valence-corrected chi connectivity index (χ4v) is 3.63. The van der Waals surface area contributed by atoms with Crippen LogP contribution in [0.4, 0.5) is 0 Å². The monoisotopic (exact) mass is 287 g/mol. The molecule has 0 spiro atoms. The molecule has 1 atom stereocenters. The minimum atomic E-state index is 0.0424. The van der Waals surface area contributed by atoms with Crippen LogP contribution in [0.3, 0.4) is 0 Å². The summed E-state index contributed by atoms with van der Waals surface area (Å²) in [4.78, 5) is 14.9. The van der Waals surface area contributed by atoms with Gasteiger partial charge in [0.1, 0.15) is 4.88 Å². The second-order valence-electron chi connectivity index (χ2n) is 4.83. The maximum absolute atomic E-state index is 12.4. The molecule has 5 heteroatoms. The van der Waals surface area contributed by atoms with Crippen LogP contribution in [0.5, 0.6) is 0 Å². The van der Waals surface area contributed by atoms with E-state index in [9.17, 15) is 4.79 Å². The normalized spacial score (nSPS) is 20.2. The van der Waals surface area contributed by atoms with Gasteiger partial charge in [0, 0.05) is 19.7 Å². The summed E-state index contributed by atoms with van der Waals surface area (Å²) < 4.78 is 0. The van der Waals surface area contributed by atoms with Crippen molar-refractivity contribution in [1.82, 2.24) is 4.90 Å². The molecule has 1 aromatic rings. The molecule has 1 saturated heterocycles. The molecule has 0 bridgehead atoms. The first-order valence-electron chi connectivity index (χ1n) is 6.27. The number of carbonyl (C=O) groups excluding carboxylic acids is 1. The minimum absolute atomic E-state index is 0.0424. The summed E-state index contributed by atoms with van der Waals surface area (Å²) in [6, 6.07) is 0. The van der Waals surface area contributed by atoms with Gasteiger partial charge < -0.3 is 10.0 Å². The summed E-state index contributed by atoms with van der Waals surface area (Å²) in [5.74, 6) is 0.466. The highest BCUT2D eigenvalue weighted by Gasteiger charge is 2.26. The number of amides is 1. The van der Waals surface area contributed by atoms with Crippen LogP contribution in [0.15, 0.2) is 5.38 Å². The van der Waals surface area contributed by atoms with Gasteiger partial charge in [0.05, 0.1) is 5.02 Å². The summed E-state index contributed by atoms with van der Waals surface area (Å²) in [6.07, 6.45) is 2.89. The molecule has 2 rings (SSSR count).